The van der Waals surface area contributed by atoms with E-state index in [1.54, 1.807) is 19.1 Å². The van der Waals surface area contributed by atoms with E-state index in [0.29, 0.717) is 5.69 Å². The van der Waals surface area contributed by atoms with E-state index < -0.39 is 6.09 Å². The molecule has 1 N–H and O–H groups in total. The number of hydrogen-bond acceptors (Lipinski definition) is 3. The Kier molecular flexibility index (Phi) is 4.34. The SMILES string of the molecule is CC/C(C)=N\OC(=O)Nc1ccccc1. The molecule has 0 aromatic heterocycles. The first-order chi connectivity index (χ1) is 7.22. The van der Waals surface area contributed by atoms with Crippen molar-refractivity contribution in [1.82, 2.24) is 0 Å². The molecule has 0 aliphatic rings. The van der Waals surface area contributed by atoms with Crippen molar-refractivity contribution in [2.75, 3.05) is 5.32 Å². The predicted molar refractivity (Wildman–Crippen MR) is 59.9 cm³/mol. The first kappa shape index (κ1) is 11.2. The Labute approximate surface area is 88.9 Å². The first-order valence-electron chi connectivity index (χ1n) is 4.79. The number of nitrogens with zero attached hydrogens (tertiary/aromatic N) is 1. The molecule has 0 saturated heterocycles. The third-order valence-electron chi connectivity index (χ3n) is 1.82. The second-order valence-corrected chi connectivity index (χ2v) is 3.05. The quantitative estimate of drug-likeness (QED) is 0.469. The van der Waals surface area contributed by atoms with Crippen LogP contribution in [0, 0.1) is 0 Å². The Bertz CT molecular complexity index is 347. The van der Waals surface area contributed by atoms with Crippen LogP contribution in [-0.2, 0) is 4.84 Å². The van der Waals surface area contributed by atoms with Gasteiger partial charge in [-0.2, -0.15) is 0 Å². The van der Waals surface area contributed by atoms with Gasteiger partial charge in [0.1, 0.15) is 0 Å². The topological polar surface area (TPSA) is 50.7 Å². The number of carbonyl (C=O) groups is 1. The van der Waals surface area contributed by atoms with Crippen molar-refractivity contribution in [2.45, 2.75) is 20.3 Å². The van der Waals surface area contributed by atoms with E-state index in [4.69, 9.17) is 0 Å². The Hall–Kier alpha value is -1.84. The molecule has 0 aliphatic heterocycles. The Morgan fingerprint density at radius 3 is 2.67 bits per heavy atom. The van der Waals surface area contributed by atoms with Crippen LogP contribution in [-0.4, -0.2) is 11.8 Å². The number of rotatable bonds is 3. The maximum Gasteiger partial charge on any atom is 0.437 e. The van der Waals surface area contributed by atoms with Crippen LogP contribution >= 0.6 is 0 Å². The summed E-state index contributed by atoms with van der Waals surface area (Å²) in [5.74, 6) is 0. The summed E-state index contributed by atoms with van der Waals surface area (Å²) in [6.45, 7) is 3.74. The molecule has 1 aromatic carbocycles. The number of para-hydroxylation sites is 1. The van der Waals surface area contributed by atoms with Crippen LogP contribution in [0.2, 0.25) is 0 Å². The van der Waals surface area contributed by atoms with Crippen molar-refractivity contribution < 1.29 is 9.63 Å². The molecule has 0 saturated carbocycles. The van der Waals surface area contributed by atoms with Gasteiger partial charge in [-0.3, -0.25) is 10.2 Å². The fourth-order valence-corrected chi connectivity index (χ4v) is 0.846. The predicted octanol–water partition coefficient (Wildman–Crippen LogP) is 3.02. The van der Waals surface area contributed by atoms with E-state index in [2.05, 4.69) is 15.3 Å². The zero-order valence-corrected chi connectivity index (χ0v) is 8.86. The third-order valence-corrected chi connectivity index (χ3v) is 1.82. The lowest BCUT2D eigenvalue weighted by atomic mass is 10.3. The summed E-state index contributed by atoms with van der Waals surface area (Å²) >= 11 is 0. The summed E-state index contributed by atoms with van der Waals surface area (Å²) in [6, 6.07) is 9.08. The maximum absolute atomic E-state index is 11.2. The summed E-state index contributed by atoms with van der Waals surface area (Å²) in [5.41, 5.74) is 1.46. The molecule has 1 amide bonds. The van der Waals surface area contributed by atoms with E-state index >= 15 is 0 Å². The van der Waals surface area contributed by atoms with Crippen LogP contribution in [0.15, 0.2) is 35.5 Å². The molecular formula is C11H14N2O2. The van der Waals surface area contributed by atoms with Gasteiger partial charge in [0.05, 0.1) is 5.71 Å². The van der Waals surface area contributed by atoms with Crippen LogP contribution in [0.25, 0.3) is 0 Å². The highest BCUT2D eigenvalue weighted by Crippen LogP contribution is 2.05. The number of amides is 1. The average Bonchev–Trinajstić information content (AvgIpc) is 2.27. The van der Waals surface area contributed by atoms with Crippen molar-refractivity contribution in [3.8, 4) is 0 Å². The molecule has 80 valence electrons. The van der Waals surface area contributed by atoms with Crippen LogP contribution in [0.5, 0.6) is 0 Å². The molecule has 0 aliphatic carbocycles. The fraction of sp³-hybridized carbons (Fsp3) is 0.273. The van der Waals surface area contributed by atoms with E-state index in [1.165, 1.54) is 0 Å². The highest BCUT2D eigenvalue weighted by Gasteiger charge is 2.01. The number of nitrogens with one attached hydrogen (secondary N) is 1. The second kappa shape index (κ2) is 5.80. The van der Waals surface area contributed by atoms with Gasteiger partial charge in [-0.25, -0.2) is 4.79 Å². The third kappa shape index (κ3) is 4.26. The van der Waals surface area contributed by atoms with Gasteiger partial charge >= 0.3 is 6.09 Å². The molecule has 0 bridgehead atoms. The first-order valence-corrected chi connectivity index (χ1v) is 4.79. The van der Waals surface area contributed by atoms with Crippen LogP contribution in [0.4, 0.5) is 10.5 Å². The van der Waals surface area contributed by atoms with Gasteiger partial charge in [0.15, 0.2) is 0 Å². The molecule has 1 aromatic rings. The molecule has 4 nitrogen and oxygen atoms in total. The fourth-order valence-electron chi connectivity index (χ4n) is 0.846. The Morgan fingerprint density at radius 2 is 2.07 bits per heavy atom. The van der Waals surface area contributed by atoms with Gasteiger partial charge in [0, 0.05) is 5.69 Å². The minimum atomic E-state index is -0.575. The normalized spacial score (nSPS) is 10.9. The number of carbonyl (C=O) groups excluding carboxylic acids is 1. The molecule has 4 heteroatoms. The summed E-state index contributed by atoms with van der Waals surface area (Å²) in [7, 11) is 0. The van der Waals surface area contributed by atoms with Gasteiger partial charge in [-0.15, -0.1) is 0 Å². The van der Waals surface area contributed by atoms with Gasteiger partial charge in [0.2, 0.25) is 0 Å². The molecule has 0 fully saturated rings. The number of anilines is 1. The van der Waals surface area contributed by atoms with Crippen molar-refractivity contribution >= 4 is 17.5 Å². The van der Waals surface area contributed by atoms with Crippen LogP contribution in [0.3, 0.4) is 0 Å². The van der Waals surface area contributed by atoms with E-state index in [1.807, 2.05) is 25.1 Å². The number of hydrogen-bond donors (Lipinski definition) is 1. The molecule has 1 rings (SSSR count). The lowest BCUT2D eigenvalue weighted by molar-refractivity contribution is 0.166. The minimum Gasteiger partial charge on any atom is -0.298 e. The van der Waals surface area contributed by atoms with Crippen LogP contribution in [0.1, 0.15) is 20.3 Å². The summed E-state index contributed by atoms with van der Waals surface area (Å²) in [6.07, 6.45) is 0.188. The lowest BCUT2D eigenvalue weighted by Crippen LogP contribution is -2.11. The summed E-state index contributed by atoms with van der Waals surface area (Å²) in [5, 5.41) is 6.20. The molecule has 0 atom stereocenters. The van der Waals surface area contributed by atoms with Gasteiger partial charge in [-0.1, -0.05) is 30.3 Å². The minimum absolute atomic E-state index is 0.575. The number of benzene rings is 1. The van der Waals surface area contributed by atoms with E-state index in [-0.39, 0.29) is 0 Å². The Morgan fingerprint density at radius 1 is 1.40 bits per heavy atom. The zero-order valence-electron chi connectivity index (χ0n) is 8.86. The lowest BCUT2D eigenvalue weighted by Gasteiger charge is -2.02. The molecule has 15 heavy (non-hydrogen) atoms. The van der Waals surface area contributed by atoms with Crippen molar-refractivity contribution in [2.24, 2.45) is 5.16 Å². The summed E-state index contributed by atoms with van der Waals surface area (Å²) in [4.78, 5) is 15.8. The monoisotopic (exact) mass is 206 g/mol. The Balaban J connectivity index is 2.44. The highest BCUT2D eigenvalue weighted by molar-refractivity contribution is 5.86. The maximum atomic E-state index is 11.2. The molecule has 0 radical (unpaired) electrons. The van der Waals surface area contributed by atoms with Crippen molar-refractivity contribution in [1.29, 1.82) is 0 Å². The molecule has 0 heterocycles. The van der Waals surface area contributed by atoms with Crippen LogP contribution < -0.4 is 5.32 Å². The van der Waals surface area contributed by atoms with Crippen molar-refractivity contribution in [3.05, 3.63) is 30.3 Å². The number of oxime groups is 1. The smallest absolute Gasteiger partial charge is 0.298 e. The summed E-state index contributed by atoms with van der Waals surface area (Å²) < 4.78 is 0. The molecule has 0 spiro atoms. The van der Waals surface area contributed by atoms with Crippen molar-refractivity contribution in [3.63, 3.8) is 0 Å². The molecular weight excluding hydrogens is 192 g/mol. The van der Waals surface area contributed by atoms with Gasteiger partial charge < -0.3 is 0 Å². The van der Waals surface area contributed by atoms with Gasteiger partial charge in [-0.05, 0) is 25.5 Å². The zero-order chi connectivity index (χ0) is 11.1. The molecule has 0 unspecified atom stereocenters. The standard InChI is InChI=1S/C11H14N2O2/c1-3-9(2)13-15-11(14)12-10-7-5-4-6-8-10/h4-8H,3H2,1-2H3,(H,12,14)/b13-9-. The average molecular weight is 206 g/mol. The highest BCUT2D eigenvalue weighted by atomic mass is 16.7. The largest absolute Gasteiger partial charge is 0.437 e. The van der Waals surface area contributed by atoms with Gasteiger partial charge in [0.25, 0.3) is 0 Å². The van der Waals surface area contributed by atoms with E-state index in [9.17, 15) is 4.79 Å². The van der Waals surface area contributed by atoms with E-state index in [0.717, 1.165) is 12.1 Å². The second-order valence-electron chi connectivity index (χ2n) is 3.05.